The van der Waals surface area contributed by atoms with Crippen LogP contribution in [0.25, 0.3) is 0 Å². The predicted molar refractivity (Wildman–Crippen MR) is 71.8 cm³/mol. The number of likely N-dealkylation sites (tertiary alicyclic amines) is 1. The molecule has 6 heteroatoms. The van der Waals surface area contributed by atoms with Gasteiger partial charge in [-0.15, -0.1) is 0 Å². The van der Waals surface area contributed by atoms with E-state index < -0.39 is 0 Å². The van der Waals surface area contributed by atoms with Crippen molar-refractivity contribution in [3.8, 4) is 0 Å². The zero-order chi connectivity index (χ0) is 13.4. The van der Waals surface area contributed by atoms with Crippen LogP contribution in [0.2, 0.25) is 5.15 Å². The SMILES string of the molecule is Cc1cc([C@H]2CCCN2Cc2ncc(Cl)n2C)no1. The molecule has 3 heterocycles. The Morgan fingerprint density at radius 1 is 1.53 bits per heavy atom. The van der Waals surface area contributed by atoms with Gasteiger partial charge in [0, 0.05) is 13.1 Å². The van der Waals surface area contributed by atoms with Crippen molar-refractivity contribution in [3.05, 3.63) is 34.7 Å². The number of aromatic nitrogens is 3. The molecule has 19 heavy (non-hydrogen) atoms. The minimum atomic E-state index is 0.327. The average molecular weight is 281 g/mol. The van der Waals surface area contributed by atoms with E-state index in [-0.39, 0.29) is 0 Å². The number of hydrogen-bond acceptors (Lipinski definition) is 4. The van der Waals surface area contributed by atoms with Crippen LogP contribution in [0.1, 0.15) is 36.2 Å². The lowest BCUT2D eigenvalue weighted by molar-refractivity contribution is 0.229. The number of halogens is 1. The van der Waals surface area contributed by atoms with Crippen LogP contribution < -0.4 is 0 Å². The van der Waals surface area contributed by atoms with E-state index in [4.69, 9.17) is 16.1 Å². The molecule has 1 saturated heterocycles. The van der Waals surface area contributed by atoms with Crippen LogP contribution in [0, 0.1) is 6.92 Å². The monoisotopic (exact) mass is 280 g/mol. The van der Waals surface area contributed by atoms with Gasteiger partial charge in [0.1, 0.15) is 22.4 Å². The van der Waals surface area contributed by atoms with E-state index in [1.54, 1.807) is 6.20 Å². The van der Waals surface area contributed by atoms with Gasteiger partial charge in [0.2, 0.25) is 0 Å². The van der Waals surface area contributed by atoms with Gasteiger partial charge in [-0.2, -0.15) is 0 Å². The Morgan fingerprint density at radius 2 is 2.37 bits per heavy atom. The van der Waals surface area contributed by atoms with E-state index in [0.29, 0.717) is 11.2 Å². The molecule has 102 valence electrons. The molecule has 0 saturated carbocycles. The number of imidazole rings is 1. The van der Waals surface area contributed by atoms with Crippen molar-refractivity contribution in [3.63, 3.8) is 0 Å². The third-order valence-electron chi connectivity index (χ3n) is 3.72. The van der Waals surface area contributed by atoms with E-state index in [1.165, 1.54) is 6.42 Å². The maximum Gasteiger partial charge on any atom is 0.133 e. The van der Waals surface area contributed by atoms with Crippen LogP contribution in [0.15, 0.2) is 16.8 Å². The highest BCUT2D eigenvalue weighted by Gasteiger charge is 2.29. The first-order chi connectivity index (χ1) is 9.15. The van der Waals surface area contributed by atoms with Crippen molar-refractivity contribution in [1.82, 2.24) is 19.6 Å². The molecule has 0 aliphatic carbocycles. The van der Waals surface area contributed by atoms with Gasteiger partial charge in [-0.25, -0.2) is 4.98 Å². The molecule has 2 aromatic heterocycles. The predicted octanol–water partition coefficient (Wildman–Crippen LogP) is 2.71. The minimum Gasteiger partial charge on any atom is -0.361 e. The molecule has 0 spiro atoms. The summed E-state index contributed by atoms with van der Waals surface area (Å²) >= 11 is 6.03. The fourth-order valence-electron chi connectivity index (χ4n) is 2.65. The summed E-state index contributed by atoms with van der Waals surface area (Å²) in [6.45, 7) is 3.77. The maximum atomic E-state index is 6.03. The second-order valence-electron chi connectivity index (χ2n) is 5.05. The highest BCUT2D eigenvalue weighted by molar-refractivity contribution is 6.29. The Morgan fingerprint density at radius 3 is 3.00 bits per heavy atom. The number of hydrogen-bond donors (Lipinski definition) is 0. The lowest BCUT2D eigenvalue weighted by Crippen LogP contribution is -2.24. The molecule has 1 aliphatic rings. The summed E-state index contributed by atoms with van der Waals surface area (Å²) in [6.07, 6.45) is 3.99. The fourth-order valence-corrected chi connectivity index (χ4v) is 2.79. The molecule has 0 bridgehead atoms. The third kappa shape index (κ3) is 2.40. The molecule has 0 N–H and O–H groups in total. The van der Waals surface area contributed by atoms with Gasteiger partial charge < -0.3 is 9.09 Å². The minimum absolute atomic E-state index is 0.327. The Bertz CT molecular complexity index is 577. The van der Waals surface area contributed by atoms with E-state index >= 15 is 0 Å². The zero-order valence-corrected chi connectivity index (χ0v) is 11.9. The Kier molecular flexibility index (Phi) is 3.33. The second-order valence-corrected chi connectivity index (χ2v) is 5.43. The van der Waals surface area contributed by atoms with Crippen LogP contribution in [-0.4, -0.2) is 26.2 Å². The highest BCUT2D eigenvalue weighted by atomic mass is 35.5. The van der Waals surface area contributed by atoms with Gasteiger partial charge >= 0.3 is 0 Å². The average Bonchev–Trinajstić information content (AvgIpc) is 3.07. The van der Waals surface area contributed by atoms with Crippen molar-refractivity contribution < 1.29 is 4.52 Å². The van der Waals surface area contributed by atoms with Gasteiger partial charge in [-0.3, -0.25) is 4.90 Å². The van der Waals surface area contributed by atoms with Gasteiger partial charge in [0.15, 0.2) is 0 Å². The first kappa shape index (κ1) is 12.7. The molecule has 5 nitrogen and oxygen atoms in total. The Hall–Kier alpha value is -1.33. The van der Waals surface area contributed by atoms with Crippen molar-refractivity contribution in [2.24, 2.45) is 7.05 Å². The van der Waals surface area contributed by atoms with E-state index in [2.05, 4.69) is 15.0 Å². The summed E-state index contributed by atoms with van der Waals surface area (Å²) in [5.41, 5.74) is 1.02. The summed E-state index contributed by atoms with van der Waals surface area (Å²) in [6, 6.07) is 2.35. The van der Waals surface area contributed by atoms with Gasteiger partial charge in [0.05, 0.1) is 18.8 Å². The third-order valence-corrected chi connectivity index (χ3v) is 4.07. The molecule has 1 aliphatic heterocycles. The largest absolute Gasteiger partial charge is 0.361 e. The summed E-state index contributed by atoms with van der Waals surface area (Å²) in [7, 11) is 1.94. The highest BCUT2D eigenvalue weighted by Crippen LogP contribution is 2.32. The van der Waals surface area contributed by atoms with Crippen molar-refractivity contribution >= 4 is 11.6 Å². The van der Waals surface area contributed by atoms with Gasteiger partial charge in [0.25, 0.3) is 0 Å². The smallest absolute Gasteiger partial charge is 0.133 e. The molecular formula is C13H17ClN4O. The first-order valence-electron chi connectivity index (χ1n) is 6.48. The molecule has 1 atom stereocenters. The molecule has 0 aromatic carbocycles. The van der Waals surface area contributed by atoms with E-state index in [9.17, 15) is 0 Å². The van der Waals surface area contributed by atoms with E-state index in [1.807, 2.05) is 24.6 Å². The molecule has 0 unspecified atom stereocenters. The number of aryl methyl sites for hydroxylation is 1. The maximum absolute atomic E-state index is 6.03. The molecule has 0 radical (unpaired) electrons. The molecule has 3 rings (SSSR count). The Labute approximate surface area is 117 Å². The zero-order valence-electron chi connectivity index (χ0n) is 11.1. The van der Waals surface area contributed by atoms with Gasteiger partial charge in [-0.1, -0.05) is 16.8 Å². The molecule has 1 fully saturated rings. The number of nitrogens with zero attached hydrogens (tertiary/aromatic N) is 4. The summed E-state index contributed by atoms with van der Waals surface area (Å²) in [5, 5.41) is 4.82. The normalized spacial score (nSPS) is 20.3. The van der Waals surface area contributed by atoms with Crippen LogP contribution >= 0.6 is 11.6 Å². The molecule has 2 aromatic rings. The van der Waals surface area contributed by atoms with E-state index in [0.717, 1.165) is 36.8 Å². The standard InChI is InChI=1S/C13H17ClN4O/c1-9-6-10(16-19-9)11-4-3-5-18(11)8-13-15-7-12(14)17(13)2/h6-7,11H,3-5,8H2,1-2H3/t11-/m1/s1. The van der Waals surface area contributed by atoms with Crippen LogP contribution in [0.5, 0.6) is 0 Å². The van der Waals surface area contributed by atoms with Crippen molar-refractivity contribution in [2.75, 3.05) is 6.54 Å². The second kappa shape index (κ2) is 4.98. The first-order valence-corrected chi connectivity index (χ1v) is 6.86. The van der Waals surface area contributed by atoms with Crippen LogP contribution in [-0.2, 0) is 13.6 Å². The summed E-state index contributed by atoms with van der Waals surface area (Å²) in [4.78, 5) is 6.74. The van der Waals surface area contributed by atoms with Crippen LogP contribution in [0.3, 0.4) is 0 Å². The van der Waals surface area contributed by atoms with Crippen LogP contribution in [0.4, 0.5) is 0 Å². The lowest BCUT2D eigenvalue weighted by atomic mass is 10.1. The van der Waals surface area contributed by atoms with Crippen molar-refractivity contribution in [2.45, 2.75) is 32.4 Å². The number of rotatable bonds is 3. The Balaban J connectivity index is 1.78. The van der Waals surface area contributed by atoms with Gasteiger partial charge in [-0.05, 0) is 26.3 Å². The summed E-state index contributed by atoms with van der Waals surface area (Å²) < 4.78 is 7.11. The summed E-state index contributed by atoms with van der Waals surface area (Å²) in [5.74, 6) is 1.85. The van der Waals surface area contributed by atoms with Crippen molar-refractivity contribution in [1.29, 1.82) is 0 Å². The molecular weight excluding hydrogens is 264 g/mol. The lowest BCUT2D eigenvalue weighted by Gasteiger charge is -2.22. The molecule has 0 amide bonds. The fraction of sp³-hybridized carbons (Fsp3) is 0.538. The topological polar surface area (TPSA) is 47.1 Å². The quantitative estimate of drug-likeness (QED) is 0.867.